The number of fused-ring (bicyclic) bond motifs is 2. The highest BCUT2D eigenvalue weighted by molar-refractivity contribution is 14.1. The fourth-order valence-corrected chi connectivity index (χ4v) is 5.00. The molecular formula is C25H25I. The van der Waals surface area contributed by atoms with Gasteiger partial charge < -0.3 is 0 Å². The molecule has 0 atom stereocenters. The maximum absolute atomic E-state index is 2.45. The van der Waals surface area contributed by atoms with Crippen LogP contribution >= 0.6 is 22.6 Å². The smallest absolute Gasteiger partial charge is 0.0182 e. The van der Waals surface area contributed by atoms with Gasteiger partial charge in [-0.2, -0.15) is 0 Å². The van der Waals surface area contributed by atoms with Crippen LogP contribution in [-0.2, 0) is 11.8 Å². The molecule has 2 aliphatic carbocycles. The lowest BCUT2D eigenvalue weighted by molar-refractivity contribution is 0.660. The summed E-state index contributed by atoms with van der Waals surface area (Å²) < 4.78 is 1.05. The lowest BCUT2D eigenvalue weighted by Crippen LogP contribution is -2.15. The largest absolute Gasteiger partial charge is 0.0836 e. The summed E-state index contributed by atoms with van der Waals surface area (Å²) in [6.07, 6.45) is 11.6. The minimum Gasteiger partial charge on any atom is -0.0836 e. The summed E-state index contributed by atoms with van der Waals surface area (Å²) in [4.78, 5) is 0. The van der Waals surface area contributed by atoms with Gasteiger partial charge >= 0.3 is 0 Å². The van der Waals surface area contributed by atoms with Crippen LogP contribution in [0.25, 0.3) is 22.8 Å². The van der Waals surface area contributed by atoms with Crippen molar-refractivity contribution < 1.29 is 0 Å². The van der Waals surface area contributed by atoms with Crippen molar-refractivity contribution in [3.63, 3.8) is 0 Å². The van der Waals surface area contributed by atoms with E-state index in [1.54, 1.807) is 0 Å². The number of hydrogen-bond donors (Lipinski definition) is 0. The second kappa shape index (κ2) is 6.84. The standard InChI is InChI=1S/C25H25I/c1-4-19-22-13-12-18(16-24(22)25(2,3)23(19)14-15-26)21-11-7-9-17-8-5-6-10-20(17)21/h4,6-7,9-14,16H,5,8,15H2,1-3H3/b19-4-,23-14+. The van der Waals surface area contributed by atoms with Gasteiger partial charge in [0.15, 0.2) is 0 Å². The van der Waals surface area contributed by atoms with Crippen LogP contribution in [0.3, 0.4) is 0 Å². The lowest BCUT2D eigenvalue weighted by atomic mass is 9.81. The Balaban J connectivity index is 1.90. The Morgan fingerprint density at radius 1 is 1.12 bits per heavy atom. The number of rotatable bonds is 2. The third kappa shape index (κ3) is 2.72. The predicted molar refractivity (Wildman–Crippen MR) is 123 cm³/mol. The SMILES string of the molecule is C/C=C1\C(=C/CI)C(C)(C)c2cc(-c3cccc4c3C=CCC4)ccc21. The quantitative estimate of drug-likeness (QED) is 0.330. The molecule has 4 rings (SSSR count). The molecule has 0 saturated carbocycles. The summed E-state index contributed by atoms with van der Waals surface area (Å²) in [6.45, 7) is 6.89. The predicted octanol–water partition coefficient (Wildman–Crippen LogP) is 7.37. The Morgan fingerprint density at radius 3 is 2.73 bits per heavy atom. The van der Waals surface area contributed by atoms with Crippen molar-refractivity contribution in [1.29, 1.82) is 0 Å². The third-order valence-corrected chi connectivity index (χ3v) is 6.33. The van der Waals surface area contributed by atoms with Crippen molar-refractivity contribution >= 4 is 34.2 Å². The van der Waals surface area contributed by atoms with E-state index in [0.717, 1.165) is 17.3 Å². The minimum atomic E-state index is 0.0586. The molecule has 0 bridgehead atoms. The Bertz CT molecular complexity index is 954. The van der Waals surface area contributed by atoms with E-state index in [2.05, 4.69) is 104 Å². The molecule has 0 fully saturated rings. The molecule has 0 amide bonds. The highest BCUT2D eigenvalue weighted by Crippen LogP contribution is 2.50. The van der Waals surface area contributed by atoms with Gasteiger partial charge in [0.05, 0.1) is 0 Å². The first kappa shape index (κ1) is 17.8. The summed E-state index contributed by atoms with van der Waals surface area (Å²) >= 11 is 2.45. The second-order valence-electron chi connectivity index (χ2n) is 7.68. The van der Waals surface area contributed by atoms with Gasteiger partial charge in [0, 0.05) is 9.84 Å². The van der Waals surface area contributed by atoms with Gasteiger partial charge in [0.25, 0.3) is 0 Å². The molecule has 2 aromatic carbocycles. The van der Waals surface area contributed by atoms with Crippen LogP contribution in [0.4, 0.5) is 0 Å². The van der Waals surface area contributed by atoms with Crippen molar-refractivity contribution in [3.8, 4) is 11.1 Å². The highest BCUT2D eigenvalue weighted by atomic mass is 127. The molecule has 0 radical (unpaired) electrons. The van der Waals surface area contributed by atoms with Crippen LogP contribution in [0.15, 0.2) is 60.2 Å². The van der Waals surface area contributed by atoms with Crippen LogP contribution in [0, 0.1) is 0 Å². The highest BCUT2D eigenvalue weighted by Gasteiger charge is 2.37. The van der Waals surface area contributed by atoms with Gasteiger partial charge in [-0.1, -0.05) is 91.1 Å². The molecule has 1 heteroatoms. The van der Waals surface area contributed by atoms with Crippen LogP contribution in [0.1, 0.15) is 49.4 Å². The molecule has 132 valence electrons. The van der Waals surface area contributed by atoms with Gasteiger partial charge in [-0.05, 0) is 70.4 Å². The zero-order chi connectivity index (χ0) is 18.3. The van der Waals surface area contributed by atoms with Crippen LogP contribution in [0.2, 0.25) is 0 Å². The number of alkyl halides is 1. The summed E-state index contributed by atoms with van der Waals surface area (Å²) in [7, 11) is 0. The van der Waals surface area contributed by atoms with Crippen molar-refractivity contribution in [2.75, 3.05) is 4.43 Å². The summed E-state index contributed by atoms with van der Waals surface area (Å²) in [5.74, 6) is 0. The minimum absolute atomic E-state index is 0.0586. The van der Waals surface area contributed by atoms with E-state index in [4.69, 9.17) is 0 Å². The van der Waals surface area contributed by atoms with Crippen molar-refractivity contribution in [1.82, 2.24) is 0 Å². The van der Waals surface area contributed by atoms with E-state index in [1.807, 2.05) is 0 Å². The maximum atomic E-state index is 2.45. The molecule has 0 saturated heterocycles. The van der Waals surface area contributed by atoms with Gasteiger partial charge in [-0.3, -0.25) is 0 Å². The van der Waals surface area contributed by atoms with E-state index in [0.29, 0.717) is 0 Å². The fourth-order valence-electron chi connectivity index (χ4n) is 4.56. The molecule has 0 aliphatic heterocycles. The van der Waals surface area contributed by atoms with E-state index >= 15 is 0 Å². The van der Waals surface area contributed by atoms with Crippen molar-refractivity contribution in [2.45, 2.75) is 39.0 Å². The lowest BCUT2D eigenvalue weighted by Gasteiger charge is -2.23. The maximum Gasteiger partial charge on any atom is 0.0182 e. The van der Waals surface area contributed by atoms with Crippen molar-refractivity contribution in [3.05, 3.63) is 82.5 Å². The molecule has 0 nitrogen and oxygen atoms in total. The molecule has 0 aromatic heterocycles. The Kier molecular flexibility index (Phi) is 4.68. The number of allylic oxidation sites excluding steroid dienone is 5. The van der Waals surface area contributed by atoms with E-state index in [-0.39, 0.29) is 5.41 Å². The monoisotopic (exact) mass is 452 g/mol. The zero-order valence-corrected chi connectivity index (χ0v) is 17.9. The van der Waals surface area contributed by atoms with Gasteiger partial charge in [0.1, 0.15) is 0 Å². The van der Waals surface area contributed by atoms with Gasteiger partial charge in [0.2, 0.25) is 0 Å². The summed E-state index contributed by atoms with van der Waals surface area (Å²) in [6, 6.07) is 13.8. The molecule has 26 heavy (non-hydrogen) atoms. The first-order valence-corrected chi connectivity index (χ1v) is 11.0. The van der Waals surface area contributed by atoms with Gasteiger partial charge in [-0.25, -0.2) is 0 Å². The molecule has 0 spiro atoms. The first-order chi connectivity index (χ1) is 12.6. The average molecular weight is 452 g/mol. The van der Waals surface area contributed by atoms with Crippen LogP contribution in [0.5, 0.6) is 0 Å². The second-order valence-corrected chi connectivity index (χ2v) is 8.56. The van der Waals surface area contributed by atoms with E-state index in [1.165, 1.54) is 44.5 Å². The topological polar surface area (TPSA) is 0 Å². The van der Waals surface area contributed by atoms with E-state index in [9.17, 15) is 0 Å². The molecule has 2 aliphatic rings. The van der Waals surface area contributed by atoms with E-state index < -0.39 is 0 Å². The number of benzene rings is 2. The Labute approximate surface area is 170 Å². The Morgan fingerprint density at radius 2 is 1.96 bits per heavy atom. The number of halogens is 1. The molecular weight excluding hydrogens is 427 g/mol. The van der Waals surface area contributed by atoms with Crippen molar-refractivity contribution in [2.24, 2.45) is 0 Å². The summed E-state index contributed by atoms with van der Waals surface area (Å²) in [5.41, 5.74) is 11.4. The normalized spacial score (nSPS) is 20.5. The Hall–Kier alpha value is -1.61. The third-order valence-electron chi connectivity index (χ3n) is 5.89. The molecule has 2 aromatic rings. The first-order valence-electron chi connectivity index (χ1n) is 9.45. The summed E-state index contributed by atoms with van der Waals surface area (Å²) in [5, 5.41) is 0. The van der Waals surface area contributed by atoms with Crippen LogP contribution in [-0.4, -0.2) is 4.43 Å². The number of aryl methyl sites for hydroxylation is 1. The molecule has 0 unspecified atom stereocenters. The molecule has 0 heterocycles. The number of hydrogen-bond acceptors (Lipinski definition) is 0. The fraction of sp³-hybridized carbons (Fsp3) is 0.280. The van der Waals surface area contributed by atoms with Crippen LogP contribution < -0.4 is 0 Å². The average Bonchev–Trinajstić information content (AvgIpc) is 2.88. The van der Waals surface area contributed by atoms with Gasteiger partial charge in [-0.15, -0.1) is 0 Å². The zero-order valence-electron chi connectivity index (χ0n) is 15.8. The molecule has 0 N–H and O–H groups in total.